The molecule has 0 bridgehead atoms. The third-order valence-corrected chi connectivity index (χ3v) is 1.40. The van der Waals surface area contributed by atoms with Crippen LogP contribution in [0.25, 0.3) is 0 Å². The van der Waals surface area contributed by atoms with Crippen LogP contribution in [-0.2, 0) is 4.79 Å². The van der Waals surface area contributed by atoms with E-state index in [0.717, 1.165) is 0 Å². The first-order chi connectivity index (χ1) is 4.06. The van der Waals surface area contributed by atoms with Crippen LogP contribution in [0.1, 0.15) is 19.8 Å². The third-order valence-electron chi connectivity index (χ3n) is 1.40. The molecule has 0 saturated carbocycles. The molecule has 0 aliphatic heterocycles. The second kappa shape index (κ2) is 8.05. The quantitative estimate of drug-likeness (QED) is 0.554. The van der Waals surface area contributed by atoms with Crippen LogP contribution < -0.4 is 0 Å². The van der Waals surface area contributed by atoms with E-state index in [4.69, 9.17) is 10.2 Å². The summed E-state index contributed by atoms with van der Waals surface area (Å²) >= 11 is 0. The van der Waals surface area contributed by atoms with Crippen LogP contribution >= 0.6 is 0 Å². The van der Waals surface area contributed by atoms with Crippen molar-refractivity contribution in [1.29, 1.82) is 0 Å². The van der Waals surface area contributed by atoms with Crippen LogP contribution in [0.15, 0.2) is 0 Å². The van der Waals surface area contributed by atoms with E-state index >= 15 is 0 Å². The number of hydrogen-bond acceptors (Lipinski definition) is 2. The number of carboxylic acid groups (broad SMARTS) is 1. The number of carbonyl (C=O) groups is 1. The van der Waals surface area contributed by atoms with Gasteiger partial charge in [0.1, 0.15) is 0 Å². The van der Waals surface area contributed by atoms with E-state index in [0.29, 0.717) is 0 Å². The Morgan fingerprint density at radius 2 is 1.91 bits per heavy atom. The minimum absolute atomic E-state index is 0. The fraction of sp³-hybridized carbons (Fsp3) is 0.667. The normalized spacial score (nSPS) is 9.36. The molecule has 1 radical (unpaired) electrons. The van der Waals surface area contributed by atoms with Gasteiger partial charge in [-0.3, -0.25) is 0 Å². The molecule has 0 amide bonds. The molecule has 1 atom stereocenters. The summed E-state index contributed by atoms with van der Waals surface area (Å²) in [5, 5.41) is 17.4. The third kappa shape index (κ3) is 5.64. The number of carboxylic acids is 1. The van der Waals surface area contributed by atoms with Gasteiger partial charge < -0.3 is 10.2 Å². The number of hydrogen-bond donors (Lipinski definition) is 2. The van der Waals surface area contributed by atoms with Crippen molar-refractivity contribution in [1.82, 2.24) is 0 Å². The predicted molar refractivity (Wildman–Crippen MR) is 47.1 cm³/mol. The van der Waals surface area contributed by atoms with Gasteiger partial charge in [-0.15, -0.1) is 0 Å². The van der Waals surface area contributed by atoms with E-state index in [1.165, 1.54) is 0 Å². The van der Waals surface area contributed by atoms with Crippen LogP contribution in [-0.4, -0.2) is 80.9 Å². The zero-order chi connectivity index (χ0) is 7.49. The predicted octanol–water partition coefficient (Wildman–Crippen LogP) is -0.861. The van der Waals surface area contributed by atoms with Crippen LogP contribution in [0, 0.1) is 6.92 Å². The first-order valence-corrected chi connectivity index (χ1v) is 2.82. The number of rotatable bonds is 3. The minimum atomic E-state index is -1.61. The van der Waals surface area contributed by atoms with Crippen molar-refractivity contribution in [2.24, 2.45) is 0 Å². The Morgan fingerprint density at radius 1 is 1.55 bits per heavy atom. The molecule has 0 aromatic heterocycles. The molecule has 1 unspecified atom stereocenters. The maximum absolute atomic E-state index is 10.2. The van der Waals surface area contributed by atoms with Gasteiger partial charge in [-0.05, 0) is 19.8 Å². The Labute approximate surface area is 111 Å². The summed E-state index contributed by atoms with van der Waals surface area (Å²) in [6.45, 7) is 4.93. The Kier molecular flexibility index (Phi) is 13.4. The van der Waals surface area contributed by atoms with Gasteiger partial charge in [-0.1, -0.05) is 6.92 Å². The fourth-order valence-electron chi connectivity index (χ4n) is 0.435. The number of aliphatic carboxylic acids is 1. The first-order valence-electron chi connectivity index (χ1n) is 2.82. The van der Waals surface area contributed by atoms with Gasteiger partial charge in [0.2, 0.25) is 0 Å². The van der Waals surface area contributed by atoms with Crippen molar-refractivity contribution >= 4 is 65.1 Å². The molecular formula is C6H13Na2O3. The Morgan fingerprint density at radius 3 is 1.91 bits per heavy atom. The zero-order valence-electron chi connectivity index (χ0n) is 5.42. The van der Waals surface area contributed by atoms with E-state index in [1.807, 2.05) is 0 Å². The van der Waals surface area contributed by atoms with E-state index < -0.39 is 11.6 Å². The second-order valence-electron chi connectivity index (χ2n) is 1.94. The topological polar surface area (TPSA) is 57.5 Å². The fourth-order valence-corrected chi connectivity index (χ4v) is 0.435. The molecule has 5 heteroatoms. The van der Waals surface area contributed by atoms with Gasteiger partial charge in [0.15, 0.2) is 5.60 Å². The summed E-state index contributed by atoms with van der Waals surface area (Å²) in [5.41, 5.74) is -1.61. The van der Waals surface area contributed by atoms with Crippen molar-refractivity contribution < 1.29 is 15.0 Å². The molecule has 11 heavy (non-hydrogen) atoms. The summed E-state index contributed by atoms with van der Waals surface area (Å²) in [6.07, 6.45) is 0.213. The second-order valence-corrected chi connectivity index (χ2v) is 1.94. The van der Waals surface area contributed by atoms with Crippen LogP contribution in [0.5, 0.6) is 0 Å². The van der Waals surface area contributed by atoms with Crippen LogP contribution in [0.2, 0.25) is 0 Å². The molecule has 0 aliphatic carbocycles. The first kappa shape index (κ1) is 18.3. The Bertz CT molecular complexity index is 112. The molecule has 2 N–H and O–H groups in total. The molecule has 0 aromatic carbocycles. The van der Waals surface area contributed by atoms with Gasteiger partial charge in [0, 0.05) is 0 Å². The number of aliphatic hydroxyl groups is 1. The molecule has 0 fully saturated rings. The zero-order valence-corrected chi connectivity index (χ0v) is 5.42. The van der Waals surface area contributed by atoms with Crippen molar-refractivity contribution in [3.63, 3.8) is 0 Å². The monoisotopic (exact) mass is 179 g/mol. The summed E-state index contributed by atoms with van der Waals surface area (Å²) in [5.74, 6) is -1.19. The molecule has 0 rings (SSSR count). The van der Waals surface area contributed by atoms with Crippen molar-refractivity contribution in [3.05, 3.63) is 6.92 Å². The molecule has 3 nitrogen and oxygen atoms in total. The summed E-state index contributed by atoms with van der Waals surface area (Å²) < 4.78 is 0. The molecule has 0 heterocycles. The summed E-state index contributed by atoms with van der Waals surface area (Å²) in [6, 6.07) is 0. The molecule has 57 valence electrons. The average molecular weight is 179 g/mol. The van der Waals surface area contributed by atoms with Gasteiger partial charge in [-0.2, -0.15) is 0 Å². The SMILES string of the molecule is [CH2]CC(O)(CC)C(=O)O.[NaH].[NaH]. The maximum atomic E-state index is 10.2. The Balaban J connectivity index is -0.000000320. The summed E-state index contributed by atoms with van der Waals surface area (Å²) in [7, 11) is 0. The van der Waals surface area contributed by atoms with Gasteiger partial charge in [0.25, 0.3) is 0 Å². The Hall–Kier alpha value is 1.43. The van der Waals surface area contributed by atoms with E-state index in [-0.39, 0.29) is 72.0 Å². The molecular weight excluding hydrogens is 166 g/mol. The van der Waals surface area contributed by atoms with Crippen LogP contribution in [0.3, 0.4) is 0 Å². The van der Waals surface area contributed by atoms with Gasteiger partial charge in [0.05, 0.1) is 0 Å². The average Bonchev–Trinajstić information content (AvgIpc) is 1.86. The molecule has 0 saturated heterocycles. The van der Waals surface area contributed by atoms with Gasteiger partial charge in [-0.25, -0.2) is 4.79 Å². The van der Waals surface area contributed by atoms with Crippen molar-refractivity contribution in [3.8, 4) is 0 Å². The molecule has 0 aromatic rings. The van der Waals surface area contributed by atoms with E-state index in [1.54, 1.807) is 6.92 Å². The van der Waals surface area contributed by atoms with E-state index in [9.17, 15) is 4.79 Å². The van der Waals surface area contributed by atoms with Gasteiger partial charge >= 0.3 is 65.1 Å². The molecule has 0 aliphatic rings. The summed E-state index contributed by atoms with van der Waals surface area (Å²) in [4.78, 5) is 10.2. The van der Waals surface area contributed by atoms with E-state index in [2.05, 4.69) is 6.92 Å². The standard InChI is InChI=1S/C6H11O3.2Na.2H/c1-3-6(9,4-2)5(7)8;;;;/h9H,1,3-4H2,2H3,(H,7,8);;;;. The molecule has 0 spiro atoms. The van der Waals surface area contributed by atoms with Crippen molar-refractivity contribution in [2.75, 3.05) is 0 Å². The van der Waals surface area contributed by atoms with Crippen LogP contribution in [0.4, 0.5) is 0 Å². The van der Waals surface area contributed by atoms with Crippen molar-refractivity contribution in [2.45, 2.75) is 25.4 Å².